The maximum absolute atomic E-state index is 6.19. The fourth-order valence-corrected chi connectivity index (χ4v) is 6.26. The molecule has 0 heterocycles. The molecular weight excluding hydrogens is 452 g/mol. The van der Waals surface area contributed by atoms with Crippen LogP contribution in [-0.4, -0.2) is 0 Å². The van der Waals surface area contributed by atoms with Gasteiger partial charge in [0, 0.05) is 0 Å². The second-order valence-corrected chi connectivity index (χ2v) is 10.2. The van der Waals surface area contributed by atoms with Crippen LogP contribution in [0.4, 0.5) is 0 Å². The predicted molar refractivity (Wildman–Crippen MR) is 83.3 cm³/mol. The summed E-state index contributed by atoms with van der Waals surface area (Å²) in [5, 5.41) is 2.57. The second kappa shape index (κ2) is 6.56. The van der Waals surface area contributed by atoms with Crippen LogP contribution in [0.2, 0.25) is 0 Å². The van der Waals surface area contributed by atoms with Gasteiger partial charge in [0.25, 0.3) is 0 Å². The molecule has 0 saturated carbocycles. The van der Waals surface area contributed by atoms with Crippen molar-refractivity contribution < 1.29 is 23.3 Å². The first-order valence-corrected chi connectivity index (χ1v) is 16.6. The number of benzene rings is 3. The summed E-state index contributed by atoms with van der Waals surface area (Å²) in [7, 11) is 6.19. The molecule has 0 bridgehead atoms. The SMILES string of the molecule is [Cl][Hg]/[CH]=C(\c1ccccc1)c1cccc2ccccc12. The van der Waals surface area contributed by atoms with Crippen molar-refractivity contribution in [2.24, 2.45) is 0 Å². The first kappa shape index (κ1) is 13.8. The first-order chi connectivity index (χ1) is 9.90. The van der Waals surface area contributed by atoms with E-state index in [4.69, 9.17) is 8.25 Å². The third-order valence-corrected chi connectivity index (χ3v) is 6.99. The molecule has 0 fully saturated rings. The van der Waals surface area contributed by atoms with Crippen LogP contribution in [0.25, 0.3) is 16.3 Å². The van der Waals surface area contributed by atoms with E-state index < -0.39 is 23.3 Å². The molecule has 0 amide bonds. The van der Waals surface area contributed by atoms with Crippen molar-refractivity contribution in [1.82, 2.24) is 0 Å². The van der Waals surface area contributed by atoms with E-state index in [0.717, 1.165) is 0 Å². The Balaban J connectivity index is 2.24. The number of hydrogen-bond acceptors (Lipinski definition) is 0. The van der Waals surface area contributed by atoms with Crippen LogP contribution >= 0.6 is 8.25 Å². The summed E-state index contributed by atoms with van der Waals surface area (Å²) in [4.78, 5) is 0. The minimum atomic E-state index is -1.39. The van der Waals surface area contributed by atoms with Gasteiger partial charge in [-0.05, 0) is 0 Å². The molecule has 0 N–H and O–H groups in total. The van der Waals surface area contributed by atoms with E-state index in [-0.39, 0.29) is 0 Å². The summed E-state index contributed by atoms with van der Waals surface area (Å²) in [6.45, 7) is 0. The summed E-state index contributed by atoms with van der Waals surface area (Å²) < 4.78 is 2.30. The Morgan fingerprint density at radius 3 is 2.30 bits per heavy atom. The van der Waals surface area contributed by atoms with E-state index in [9.17, 15) is 0 Å². The molecule has 3 aromatic rings. The van der Waals surface area contributed by atoms with Gasteiger partial charge in [-0.15, -0.1) is 0 Å². The molecule has 20 heavy (non-hydrogen) atoms. The van der Waals surface area contributed by atoms with Crippen molar-refractivity contribution >= 4 is 24.6 Å². The van der Waals surface area contributed by atoms with Crippen LogP contribution in [0.15, 0.2) is 76.4 Å². The van der Waals surface area contributed by atoms with Gasteiger partial charge in [0.1, 0.15) is 0 Å². The number of rotatable bonds is 3. The maximum atomic E-state index is 6.19. The zero-order valence-corrected chi connectivity index (χ0v) is 17.3. The summed E-state index contributed by atoms with van der Waals surface area (Å²) in [5.74, 6) is 0. The molecule has 0 radical (unpaired) electrons. The van der Waals surface area contributed by atoms with Crippen LogP contribution in [0.3, 0.4) is 0 Å². The van der Waals surface area contributed by atoms with Crippen LogP contribution in [0, 0.1) is 0 Å². The summed E-state index contributed by atoms with van der Waals surface area (Å²) in [6, 6.07) is 25.5. The normalized spacial score (nSPS) is 11.3. The van der Waals surface area contributed by atoms with Gasteiger partial charge < -0.3 is 0 Å². The van der Waals surface area contributed by atoms with Crippen molar-refractivity contribution in [3.8, 4) is 0 Å². The molecule has 2 heteroatoms. The molecule has 3 rings (SSSR count). The molecule has 3 aromatic carbocycles. The number of hydrogen-bond donors (Lipinski definition) is 0. The Morgan fingerprint density at radius 2 is 1.50 bits per heavy atom. The molecule has 0 spiro atoms. The van der Waals surface area contributed by atoms with Gasteiger partial charge in [0.15, 0.2) is 0 Å². The second-order valence-electron chi connectivity index (χ2n) is 4.66. The van der Waals surface area contributed by atoms with Gasteiger partial charge in [-0.3, -0.25) is 0 Å². The first-order valence-electron chi connectivity index (χ1n) is 6.70. The average molecular weight is 465 g/mol. The third kappa shape index (κ3) is 2.82. The fraction of sp³-hybridized carbons (Fsp3) is 0. The van der Waals surface area contributed by atoms with Crippen LogP contribution < -0.4 is 0 Å². The van der Waals surface area contributed by atoms with Gasteiger partial charge in [-0.1, -0.05) is 0 Å². The molecular formula is C18H13ClHg. The van der Waals surface area contributed by atoms with Crippen molar-refractivity contribution in [2.75, 3.05) is 0 Å². The standard InChI is InChI=1S/C18H13.ClH.Hg/c1-14(15-8-3-2-4-9-15)17-13-7-11-16-10-5-6-12-18(16)17;;/h1-13H;1H;/q;;+1/p-1. The molecule has 0 atom stereocenters. The Labute approximate surface area is 135 Å². The van der Waals surface area contributed by atoms with Crippen molar-refractivity contribution in [2.45, 2.75) is 0 Å². The van der Waals surface area contributed by atoms with E-state index in [1.54, 1.807) is 0 Å². The van der Waals surface area contributed by atoms with Crippen LogP contribution in [-0.2, 0) is 23.3 Å². The van der Waals surface area contributed by atoms with Crippen molar-refractivity contribution in [1.29, 1.82) is 0 Å². The fourth-order valence-electron chi connectivity index (χ4n) is 2.54. The van der Waals surface area contributed by atoms with Gasteiger partial charge in [-0.2, -0.15) is 0 Å². The summed E-state index contributed by atoms with van der Waals surface area (Å²) in [5.41, 5.74) is 3.83. The van der Waals surface area contributed by atoms with Gasteiger partial charge >= 0.3 is 135 Å². The van der Waals surface area contributed by atoms with Gasteiger partial charge in [-0.25, -0.2) is 0 Å². The zero-order chi connectivity index (χ0) is 13.8. The van der Waals surface area contributed by atoms with Crippen molar-refractivity contribution in [3.05, 3.63) is 87.5 Å². The molecule has 0 unspecified atom stereocenters. The Hall–Kier alpha value is -1.11. The van der Waals surface area contributed by atoms with E-state index in [1.807, 2.05) is 0 Å². The minimum absolute atomic E-state index is 1.25. The van der Waals surface area contributed by atoms with Crippen LogP contribution in [0.5, 0.6) is 0 Å². The number of fused-ring (bicyclic) bond motifs is 1. The van der Waals surface area contributed by atoms with Gasteiger partial charge in [0.05, 0.1) is 0 Å². The third-order valence-electron chi connectivity index (χ3n) is 3.45. The Kier molecular flexibility index (Phi) is 4.54. The Morgan fingerprint density at radius 1 is 0.800 bits per heavy atom. The molecule has 0 aromatic heterocycles. The number of halogens is 1. The molecule has 0 aliphatic rings. The predicted octanol–water partition coefficient (Wildman–Crippen LogP) is 5.47. The van der Waals surface area contributed by atoms with E-state index in [1.165, 1.54) is 27.5 Å². The molecule has 0 aliphatic carbocycles. The van der Waals surface area contributed by atoms with Gasteiger partial charge in [0.2, 0.25) is 0 Å². The molecule has 94 valence electrons. The zero-order valence-electron chi connectivity index (χ0n) is 11.1. The summed E-state index contributed by atoms with van der Waals surface area (Å²) >= 11 is -1.39. The monoisotopic (exact) mass is 466 g/mol. The summed E-state index contributed by atoms with van der Waals surface area (Å²) in [6.07, 6.45) is 0. The topological polar surface area (TPSA) is 0 Å². The quantitative estimate of drug-likeness (QED) is 0.451. The van der Waals surface area contributed by atoms with E-state index in [2.05, 4.69) is 76.4 Å². The average Bonchev–Trinajstić information content (AvgIpc) is 2.53. The Bertz CT molecular complexity index is 742. The molecule has 0 aliphatic heterocycles. The molecule has 0 nitrogen and oxygen atoms in total. The van der Waals surface area contributed by atoms with E-state index >= 15 is 0 Å². The van der Waals surface area contributed by atoms with Crippen molar-refractivity contribution in [3.63, 3.8) is 0 Å². The van der Waals surface area contributed by atoms with E-state index in [0.29, 0.717) is 0 Å². The molecule has 0 saturated heterocycles. The van der Waals surface area contributed by atoms with Crippen LogP contribution in [0.1, 0.15) is 11.1 Å².